The summed E-state index contributed by atoms with van der Waals surface area (Å²) < 4.78 is 53.8. The summed E-state index contributed by atoms with van der Waals surface area (Å²) >= 11 is 0. The monoisotopic (exact) mass is 441 g/mol. The van der Waals surface area contributed by atoms with Crippen LogP contribution < -0.4 is 5.32 Å². The molecule has 0 fully saturated rings. The third-order valence-corrected chi connectivity index (χ3v) is 5.12. The Kier molecular flexibility index (Phi) is 5.46. The van der Waals surface area contributed by atoms with Gasteiger partial charge in [-0.15, -0.1) is 0 Å². The molecule has 0 aliphatic rings. The fourth-order valence-corrected chi connectivity index (χ4v) is 3.49. The van der Waals surface area contributed by atoms with Gasteiger partial charge >= 0.3 is 6.18 Å². The lowest BCUT2D eigenvalue weighted by Crippen LogP contribution is -2.16. The van der Waals surface area contributed by atoms with E-state index in [9.17, 15) is 22.4 Å². The van der Waals surface area contributed by atoms with Gasteiger partial charge in [0.15, 0.2) is 0 Å². The van der Waals surface area contributed by atoms with Gasteiger partial charge in [0, 0.05) is 17.4 Å². The maximum atomic E-state index is 13.8. The second-order valence-electron chi connectivity index (χ2n) is 7.61. The average molecular weight is 441 g/mol. The van der Waals surface area contributed by atoms with Crippen molar-refractivity contribution in [3.63, 3.8) is 0 Å². The van der Waals surface area contributed by atoms with Crippen molar-refractivity contribution in [2.24, 2.45) is 0 Å². The largest absolute Gasteiger partial charge is 0.416 e. The number of hydrogen-bond acceptors (Lipinski definition) is 2. The Morgan fingerprint density at radius 1 is 1.03 bits per heavy atom. The first-order valence-electron chi connectivity index (χ1n) is 9.83. The summed E-state index contributed by atoms with van der Waals surface area (Å²) in [5.41, 5.74) is 3.32. The molecule has 4 nitrogen and oxygen atoms in total. The SMILES string of the molecule is Cc1ccc2nc(-c3ccc(F)c(C)c3)c(CC(=O)Nc3ccc(C(F)(F)F)cc3)n2c1. The van der Waals surface area contributed by atoms with Crippen molar-refractivity contribution < 1.29 is 22.4 Å². The number of alkyl halides is 3. The van der Waals surface area contributed by atoms with E-state index in [2.05, 4.69) is 10.3 Å². The maximum Gasteiger partial charge on any atom is 0.416 e. The predicted molar refractivity (Wildman–Crippen MR) is 114 cm³/mol. The number of aryl methyl sites for hydroxylation is 2. The Hall–Kier alpha value is -3.68. The summed E-state index contributed by atoms with van der Waals surface area (Å²) in [7, 11) is 0. The first-order chi connectivity index (χ1) is 15.1. The molecule has 4 aromatic rings. The number of rotatable bonds is 4. The van der Waals surface area contributed by atoms with Crippen LogP contribution in [0.3, 0.4) is 0 Å². The molecule has 32 heavy (non-hydrogen) atoms. The van der Waals surface area contributed by atoms with Gasteiger partial charge in [-0.25, -0.2) is 9.37 Å². The highest BCUT2D eigenvalue weighted by atomic mass is 19.4. The second-order valence-corrected chi connectivity index (χ2v) is 7.61. The van der Waals surface area contributed by atoms with E-state index in [1.54, 1.807) is 23.5 Å². The molecule has 0 aliphatic heterocycles. The van der Waals surface area contributed by atoms with E-state index in [4.69, 9.17) is 0 Å². The van der Waals surface area contributed by atoms with E-state index >= 15 is 0 Å². The van der Waals surface area contributed by atoms with Crippen LogP contribution in [0, 0.1) is 19.7 Å². The van der Waals surface area contributed by atoms with Crippen molar-refractivity contribution >= 4 is 17.2 Å². The third kappa shape index (κ3) is 4.34. The number of benzene rings is 2. The number of halogens is 4. The smallest absolute Gasteiger partial charge is 0.326 e. The quantitative estimate of drug-likeness (QED) is 0.398. The van der Waals surface area contributed by atoms with Crippen LogP contribution in [-0.4, -0.2) is 15.3 Å². The topological polar surface area (TPSA) is 46.4 Å². The zero-order valence-corrected chi connectivity index (χ0v) is 17.3. The highest BCUT2D eigenvalue weighted by Gasteiger charge is 2.30. The Labute approximate surface area is 181 Å². The Morgan fingerprint density at radius 3 is 2.41 bits per heavy atom. The molecule has 4 rings (SSSR count). The van der Waals surface area contributed by atoms with Gasteiger partial charge in [-0.2, -0.15) is 13.2 Å². The van der Waals surface area contributed by atoms with Crippen LogP contribution in [0.2, 0.25) is 0 Å². The van der Waals surface area contributed by atoms with E-state index in [-0.39, 0.29) is 17.9 Å². The molecule has 1 amide bonds. The number of amides is 1. The predicted octanol–water partition coefficient (Wildman–Crippen LogP) is 5.96. The van der Waals surface area contributed by atoms with E-state index in [1.807, 2.05) is 25.3 Å². The van der Waals surface area contributed by atoms with Crippen LogP contribution in [0.1, 0.15) is 22.4 Å². The zero-order valence-electron chi connectivity index (χ0n) is 17.3. The van der Waals surface area contributed by atoms with Crippen molar-refractivity contribution in [1.82, 2.24) is 9.38 Å². The Bertz CT molecular complexity index is 1310. The number of carbonyl (C=O) groups is 1. The highest BCUT2D eigenvalue weighted by Crippen LogP contribution is 2.30. The van der Waals surface area contributed by atoms with E-state index in [0.29, 0.717) is 28.2 Å². The number of carbonyl (C=O) groups excluding carboxylic acids is 1. The molecule has 1 N–H and O–H groups in total. The molecule has 0 spiro atoms. The molecule has 2 aromatic heterocycles. The highest BCUT2D eigenvalue weighted by molar-refractivity contribution is 5.93. The summed E-state index contributed by atoms with van der Waals surface area (Å²) in [5.74, 6) is -0.747. The number of aromatic nitrogens is 2. The summed E-state index contributed by atoms with van der Waals surface area (Å²) in [6.07, 6.45) is -2.67. The molecule has 2 aromatic carbocycles. The number of pyridine rings is 1. The van der Waals surface area contributed by atoms with Gasteiger partial charge < -0.3 is 9.72 Å². The lowest BCUT2D eigenvalue weighted by Gasteiger charge is -2.10. The molecule has 8 heteroatoms. The molecule has 0 aliphatic carbocycles. The fraction of sp³-hybridized carbons (Fsp3) is 0.167. The summed E-state index contributed by atoms with van der Waals surface area (Å²) in [6.45, 7) is 3.56. The van der Waals surface area contributed by atoms with Gasteiger partial charge in [0.05, 0.1) is 23.4 Å². The molecule has 0 atom stereocenters. The summed E-state index contributed by atoms with van der Waals surface area (Å²) in [5, 5.41) is 2.63. The maximum absolute atomic E-state index is 13.8. The van der Waals surface area contributed by atoms with Gasteiger partial charge in [-0.05, 0) is 73.5 Å². The standard InChI is InChI=1S/C24H19F4N3O/c1-14-3-10-21-30-23(16-4-9-19(25)15(2)11-16)20(31(21)13-14)12-22(32)29-18-7-5-17(6-8-18)24(26,27)28/h3-11,13H,12H2,1-2H3,(H,29,32). The molecular formula is C24H19F4N3O. The van der Waals surface area contributed by atoms with Gasteiger partial charge in [-0.1, -0.05) is 6.07 Å². The number of hydrogen-bond donors (Lipinski definition) is 1. The molecule has 0 unspecified atom stereocenters. The van der Waals surface area contributed by atoms with E-state index < -0.39 is 17.6 Å². The minimum atomic E-state index is -4.45. The number of nitrogens with one attached hydrogen (secondary N) is 1. The third-order valence-electron chi connectivity index (χ3n) is 5.12. The number of anilines is 1. The van der Waals surface area contributed by atoms with Crippen molar-refractivity contribution in [2.75, 3.05) is 5.32 Å². The van der Waals surface area contributed by atoms with Crippen LogP contribution in [0.25, 0.3) is 16.9 Å². The van der Waals surface area contributed by atoms with Crippen LogP contribution in [-0.2, 0) is 17.4 Å². The number of fused-ring (bicyclic) bond motifs is 1. The molecule has 0 saturated carbocycles. The first kappa shape index (κ1) is 21.5. The fourth-order valence-electron chi connectivity index (χ4n) is 3.49. The van der Waals surface area contributed by atoms with Crippen molar-refractivity contribution in [3.8, 4) is 11.3 Å². The van der Waals surface area contributed by atoms with Crippen molar-refractivity contribution in [2.45, 2.75) is 26.4 Å². The normalized spacial score (nSPS) is 11.7. The molecule has 0 bridgehead atoms. The van der Waals surface area contributed by atoms with Gasteiger partial charge in [0.25, 0.3) is 0 Å². The first-order valence-corrected chi connectivity index (χ1v) is 9.83. The van der Waals surface area contributed by atoms with Gasteiger partial charge in [0.1, 0.15) is 11.5 Å². The van der Waals surface area contributed by atoms with Crippen LogP contribution in [0.5, 0.6) is 0 Å². The molecular weight excluding hydrogens is 422 g/mol. The van der Waals surface area contributed by atoms with Crippen LogP contribution in [0.4, 0.5) is 23.2 Å². The zero-order chi connectivity index (χ0) is 23.0. The average Bonchev–Trinajstić information content (AvgIpc) is 3.07. The van der Waals surface area contributed by atoms with Gasteiger partial charge in [-0.3, -0.25) is 4.79 Å². The number of imidazole rings is 1. The molecule has 164 valence electrons. The number of nitrogens with zero attached hydrogens (tertiary/aromatic N) is 2. The van der Waals surface area contributed by atoms with Gasteiger partial charge in [0.2, 0.25) is 5.91 Å². The van der Waals surface area contributed by atoms with Crippen LogP contribution in [0.15, 0.2) is 60.8 Å². The molecule has 0 radical (unpaired) electrons. The minimum Gasteiger partial charge on any atom is -0.326 e. The van der Waals surface area contributed by atoms with Crippen LogP contribution >= 0.6 is 0 Å². The summed E-state index contributed by atoms with van der Waals surface area (Å²) in [6, 6.07) is 12.6. The lowest BCUT2D eigenvalue weighted by molar-refractivity contribution is -0.137. The van der Waals surface area contributed by atoms with Crippen molar-refractivity contribution in [1.29, 1.82) is 0 Å². The lowest BCUT2D eigenvalue weighted by atomic mass is 10.1. The van der Waals surface area contributed by atoms with Crippen molar-refractivity contribution in [3.05, 3.63) is 89.0 Å². The second kappa shape index (κ2) is 8.11. The molecule has 2 heterocycles. The summed E-state index contributed by atoms with van der Waals surface area (Å²) in [4.78, 5) is 17.4. The van der Waals surface area contributed by atoms with E-state index in [1.165, 1.54) is 18.2 Å². The minimum absolute atomic E-state index is 0.0720. The Balaban J connectivity index is 1.67. The van der Waals surface area contributed by atoms with E-state index in [0.717, 1.165) is 17.7 Å². The Morgan fingerprint density at radius 2 is 1.75 bits per heavy atom. The molecule has 0 saturated heterocycles.